The Morgan fingerprint density at radius 2 is 1.15 bits per heavy atom. The van der Waals surface area contributed by atoms with Gasteiger partial charge in [-0.25, -0.2) is 9.59 Å². The standard InChI is InChI=1S/C17H23O7P.C15H17BrO4.C3H9O3P.H2/c1-10(9-25(20,22-4)23-5)6-7-12-15(18)14-13(8-24-17(14)19)11(2)16(12)21-3;1-8(6-16)4-5-10-13(17)12-11(7-20-15(12)18)9(2)14(10)19-3;1-4-7(5-2)6-3;/h6,18H,7-9H2,1-5H3;4,17H,5-7H2,1-3H3;1-3H3;1H/b10-6+;8-4+;;/i;;;1+1. The average Bonchev–Trinajstić information content (AvgIpc) is 3.73. The van der Waals surface area contributed by atoms with E-state index in [1.807, 2.05) is 26.8 Å². The lowest BCUT2D eigenvalue weighted by Crippen LogP contribution is -2.03. The molecule has 292 valence electrons. The number of carbonyl (C=O) groups excluding carboxylic acids is 2. The molecule has 0 spiro atoms. The summed E-state index contributed by atoms with van der Waals surface area (Å²) in [6.07, 6.45) is 4.74. The molecule has 2 aromatic rings. The number of allylic oxidation sites excluding steroid dienone is 4. The van der Waals surface area contributed by atoms with Gasteiger partial charge < -0.3 is 51.8 Å². The van der Waals surface area contributed by atoms with E-state index in [1.54, 1.807) is 41.4 Å². The fraction of sp³-hybridized carbons (Fsp3) is 0.486. The maximum atomic E-state index is 12.2. The lowest BCUT2D eigenvalue weighted by atomic mass is 9.95. The van der Waals surface area contributed by atoms with Gasteiger partial charge in [-0.3, -0.25) is 4.57 Å². The van der Waals surface area contributed by atoms with E-state index < -0.39 is 28.1 Å². The number of esters is 2. The van der Waals surface area contributed by atoms with Crippen molar-refractivity contribution in [1.82, 2.24) is 0 Å². The number of phenolic OH excluding ortho intramolecular Hbond substituents is 2. The molecule has 0 amide bonds. The lowest BCUT2D eigenvalue weighted by molar-refractivity contribution is 0.0523. The predicted octanol–water partition coefficient (Wildman–Crippen LogP) is 8.02. The lowest BCUT2D eigenvalue weighted by Gasteiger charge is -2.16. The van der Waals surface area contributed by atoms with Gasteiger partial charge in [-0.1, -0.05) is 39.2 Å². The van der Waals surface area contributed by atoms with E-state index >= 15 is 0 Å². The third kappa shape index (κ3) is 10.8. The maximum Gasteiger partial charge on any atom is 0.342 e. The summed E-state index contributed by atoms with van der Waals surface area (Å²) >= 11 is 3.38. The molecule has 2 N–H and O–H groups in total. The first-order valence-electron chi connectivity index (χ1n) is 15.8. The third-order valence-corrected chi connectivity index (χ3v) is 12.0. The van der Waals surface area contributed by atoms with Crippen LogP contribution >= 0.6 is 32.1 Å². The summed E-state index contributed by atoms with van der Waals surface area (Å²) in [4.78, 5) is 23.6. The minimum atomic E-state index is -3.16. The normalized spacial score (nSPS) is 13.8. The zero-order chi connectivity index (χ0) is 39.3. The number of aromatic hydroxyl groups is 2. The monoisotopic (exact) mass is 837 g/mol. The molecule has 14 nitrogen and oxygen atoms in total. The molecular formula is C35H51BrO14P2. The van der Waals surface area contributed by atoms with Gasteiger partial charge in [0.05, 0.1) is 20.4 Å². The largest absolute Gasteiger partial charge is 0.507 e. The van der Waals surface area contributed by atoms with E-state index in [9.17, 15) is 24.4 Å². The first-order chi connectivity index (χ1) is 24.6. The van der Waals surface area contributed by atoms with Gasteiger partial charge in [0.2, 0.25) is 0 Å². The first-order valence-corrected chi connectivity index (χ1v) is 19.7. The highest BCUT2D eigenvalue weighted by Crippen LogP contribution is 2.48. The second-order valence-electron chi connectivity index (χ2n) is 11.4. The Bertz CT molecular complexity index is 1700. The molecule has 0 aliphatic carbocycles. The molecule has 4 rings (SSSR count). The Morgan fingerprint density at radius 1 is 0.769 bits per heavy atom. The topological polar surface area (TPSA) is 175 Å². The number of fused-ring (bicyclic) bond motifs is 2. The van der Waals surface area contributed by atoms with Gasteiger partial charge in [0.15, 0.2) is 0 Å². The van der Waals surface area contributed by atoms with Gasteiger partial charge in [-0.15, -0.1) is 0 Å². The van der Waals surface area contributed by atoms with Crippen molar-refractivity contribution >= 4 is 44.1 Å². The molecule has 2 heterocycles. The quantitative estimate of drug-likeness (QED) is 0.0810. The molecule has 0 atom stereocenters. The third-order valence-electron chi connectivity index (χ3n) is 8.26. The van der Waals surface area contributed by atoms with Crippen LogP contribution in [0.5, 0.6) is 23.0 Å². The van der Waals surface area contributed by atoms with Gasteiger partial charge in [0.1, 0.15) is 47.3 Å². The minimum absolute atomic E-state index is 0. The molecule has 0 saturated heterocycles. The molecule has 2 aliphatic rings. The van der Waals surface area contributed by atoms with Crippen molar-refractivity contribution in [3.63, 3.8) is 0 Å². The smallest absolute Gasteiger partial charge is 0.342 e. The number of rotatable bonds is 14. The molecule has 52 heavy (non-hydrogen) atoms. The van der Waals surface area contributed by atoms with E-state index in [-0.39, 0.29) is 43.4 Å². The van der Waals surface area contributed by atoms with Crippen molar-refractivity contribution in [3.8, 4) is 23.0 Å². The van der Waals surface area contributed by atoms with Crippen molar-refractivity contribution in [1.29, 1.82) is 0 Å². The van der Waals surface area contributed by atoms with E-state index in [0.29, 0.717) is 46.6 Å². The second kappa shape index (κ2) is 21.0. The number of cyclic esters (lactones) is 2. The molecule has 0 bridgehead atoms. The molecule has 0 unspecified atom stereocenters. The van der Waals surface area contributed by atoms with Crippen LogP contribution in [0.3, 0.4) is 0 Å². The van der Waals surface area contributed by atoms with Crippen molar-refractivity contribution in [3.05, 3.63) is 67.8 Å². The highest BCUT2D eigenvalue weighted by Gasteiger charge is 2.33. The van der Waals surface area contributed by atoms with Crippen LogP contribution in [-0.2, 0) is 62.7 Å². The van der Waals surface area contributed by atoms with E-state index in [2.05, 4.69) is 29.5 Å². The van der Waals surface area contributed by atoms with Crippen LogP contribution in [0.2, 0.25) is 0 Å². The van der Waals surface area contributed by atoms with E-state index in [0.717, 1.165) is 27.6 Å². The Morgan fingerprint density at radius 3 is 1.46 bits per heavy atom. The van der Waals surface area contributed by atoms with Crippen LogP contribution in [0, 0.1) is 13.8 Å². The van der Waals surface area contributed by atoms with Crippen LogP contribution in [0.4, 0.5) is 0 Å². The molecular weight excluding hydrogens is 786 g/mol. The SMILES string of the molecule is COP(OC)OC.COc1c(C)c2c(c(O)c1C/C=C(\C)CBr)C(=O)OC2.COc1c(C)c2c(c(O)c1C/C=C(\C)CP(=O)(OC)OC)C(=O)OC2.[2HH]. The fourth-order valence-electron chi connectivity index (χ4n) is 5.46. The Hall–Kier alpha value is -3.00. The van der Waals surface area contributed by atoms with Gasteiger partial charge in [-0.2, -0.15) is 0 Å². The summed E-state index contributed by atoms with van der Waals surface area (Å²) in [6.45, 7) is 7.81. The number of ether oxygens (including phenoxy) is 4. The van der Waals surface area contributed by atoms with Crippen molar-refractivity contribution < 1.29 is 67.4 Å². The van der Waals surface area contributed by atoms with Crippen LogP contribution < -0.4 is 9.47 Å². The zero-order valence-electron chi connectivity index (χ0n) is 31.5. The number of phenols is 2. The van der Waals surface area contributed by atoms with Gasteiger partial charge in [0, 0.05) is 64.6 Å². The summed E-state index contributed by atoms with van der Waals surface area (Å²) in [5, 5.41) is 21.7. The van der Waals surface area contributed by atoms with E-state index in [1.165, 1.54) is 21.3 Å². The van der Waals surface area contributed by atoms with Crippen LogP contribution in [0.1, 0.15) is 69.4 Å². The number of alkyl halides is 1. The second-order valence-corrected chi connectivity index (χ2v) is 15.8. The van der Waals surface area contributed by atoms with Gasteiger partial charge in [-0.05, 0) is 51.7 Å². The molecule has 2 aromatic carbocycles. The van der Waals surface area contributed by atoms with Crippen molar-refractivity contribution in [2.75, 3.05) is 61.3 Å². The van der Waals surface area contributed by atoms with Gasteiger partial charge in [0.25, 0.3) is 0 Å². The highest BCUT2D eigenvalue weighted by atomic mass is 79.9. The summed E-state index contributed by atoms with van der Waals surface area (Å²) in [7, 11) is 6.16. The molecule has 0 radical (unpaired) electrons. The average molecular weight is 839 g/mol. The summed E-state index contributed by atoms with van der Waals surface area (Å²) in [5.41, 5.74) is 6.49. The maximum absolute atomic E-state index is 12.2. The number of hydrogen-bond donors (Lipinski definition) is 2. The van der Waals surface area contributed by atoms with Crippen molar-refractivity contribution in [2.24, 2.45) is 0 Å². The first kappa shape index (κ1) is 45.2. The Balaban J connectivity index is 0.000000449. The Kier molecular flexibility index (Phi) is 18.3. The van der Waals surface area contributed by atoms with Gasteiger partial charge >= 0.3 is 28.1 Å². The fourth-order valence-corrected chi connectivity index (χ4v) is 7.28. The summed E-state index contributed by atoms with van der Waals surface area (Å²) < 4.78 is 56.9. The Labute approximate surface area is 316 Å². The summed E-state index contributed by atoms with van der Waals surface area (Å²) in [6, 6.07) is 0. The van der Waals surface area contributed by atoms with Crippen LogP contribution in [0.25, 0.3) is 0 Å². The molecule has 17 heteroatoms. The predicted molar refractivity (Wildman–Crippen MR) is 202 cm³/mol. The van der Waals surface area contributed by atoms with Crippen LogP contribution in [0.15, 0.2) is 23.3 Å². The number of hydrogen-bond acceptors (Lipinski definition) is 14. The van der Waals surface area contributed by atoms with E-state index in [4.69, 9.17) is 28.0 Å². The molecule has 0 aromatic heterocycles. The highest BCUT2D eigenvalue weighted by molar-refractivity contribution is 9.09. The summed E-state index contributed by atoms with van der Waals surface area (Å²) in [5.74, 6) is -0.0261. The molecule has 0 saturated carbocycles. The number of carbonyl (C=O) groups is 2. The minimum Gasteiger partial charge on any atom is -0.507 e. The zero-order valence-corrected chi connectivity index (χ0v) is 34.8. The molecule has 0 fully saturated rings. The number of benzene rings is 2. The number of halogens is 1. The van der Waals surface area contributed by atoms with Crippen LogP contribution in [-0.4, -0.2) is 83.4 Å². The number of methoxy groups -OCH3 is 2. The van der Waals surface area contributed by atoms with Crippen molar-refractivity contribution in [2.45, 2.75) is 53.8 Å². The molecule has 2 aliphatic heterocycles.